The van der Waals surface area contributed by atoms with Crippen molar-refractivity contribution in [2.45, 2.75) is 39.7 Å². The van der Waals surface area contributed by atoms with Crippen molar-refractivity contribution in [2.75, 3.05) is 39.4 Å². The van der Waals surface area contributed by atoms with E-state index in [2.05, 4.69) is 24.1 Å². The molecule has 1 aliphatic heterocycles. The minimum Gasteiger partial charge on any atom is -0.494 e. The summed E-state index contributed by atoms with van der Waals surface area (Å²) in [5, 5.41) is 2.96. The maximum atomic E-state index is 12.0. The number of carbonyl (C=O) groups is 2. The molecule has 1 fully saturated rings. The number of morpholine rings is 1. The van der Waals surface area contributed by atoms with Crippen molar-refractivity contribution in [3.8, 4) is 5.75 Å². The molecule has 1 unspecified atom stereocenters. The van der Waals surface area contributed by atoms with E-state index in [1.165, 1.54) is 6.92 Å². The summed E-state index contributed by atoms with van der Waals surface area (Å²) in [6.45, 7) is 10.6. The van der Waals surface area contributed by atoms with Gasteiger partial charge in [-0.1, -0.05) is 13.8 Å². The lowest BCUT2D eigenvalue weighted by atomic mass is 10.1. The Morgan fingerprint density at radius 2 is 2.04 bits per heavy atom. The zero-order valence-electron chi connectivity index (χ0n) is 16.7. The minimum absolute atomic E-state index is 0.0233. The normalized spacial score (nSPS) is 17.7. The molecule has 6 nitrogen and oxygen atoms in total. The van der Waals surface area contributed by atoms with Gasteiger partial charge < -0.3 is 14.8 Å². The number of nitrogens with one attached hydrogen (secondary N) is 1. The van der Waals surface area contributed by atoms with Crippen LogP contribution < -0.4 is 10.1 Å². The first-order valence-corrected chi connectivity index (χ1v) is 9.78. The van der Waals surface area contributed by atoms with Gasteiger partial charge in [0.15, 0.2) is 5.78 Å². The Hall–Kier alpha value is -1.92. The summed E-state index contributed by atoms with van der Waals surface area (Å²) in [4.78, 5) is 25.6. The molecule has 1 saturated heterocycles. The average Bonchev–Trinajstić information content (AvgIpc) is 2.64. The van der Waals surface area contributed by atoms with Crippen LogP contribution in [0.25, 0.3) is 0 Å². The first-order valence-electron chi connectivity index (χ1n) is 9.78. The van der Waals surface area contributed by atoms with Crippen molar-refractivity contribution < 1.29 is 19.1 Å². The number of amides is 1. The molecule has 1 N–H and O–H groups in total. The number of rotatable bonds is 10. The SMILES string of the molecule is CC(=O)c1ccc(OCCCC(=O)NCC2CN(CC(C)C)CCO2)cc1. The van der Waals surface area contributed by atoms with E-state index in [4.69, 9.17) is 9.47 Å². The maximum Gasteiger partial charge on any atom is 0.220 e. The van der Waals surface area contributed by atoms with Gasteiger partial charge in [-0.25, -0.2) is 0 Å². The molecule has 1 atom stereocenters. The molecular weight excluding hydrogens is 344 g/mol. The van der Waals surface area contributed by atoms with E-state index in [-0.39, 0.29) is 17.8 Å². The number of Topliss-reactive ketones (excluding diaryl/α,β-unsaturated/α-hetero) is 1. The van der Waals surface area contributed by atoms with Crippen LogP contribution in [0, 0.1) is 5.92 Å². The van der Waals surface area contributed by atoms with Crippen molar-refractivity contribution in [3.63, 3.8) is 0 Å². The molecule has 0 aliphatic carbocycles. The molecule has 150 valence electrons. The van der Waals surface area contributed by atoms with Crippen molar-refractivity contribution in [2.24, 2.45) is 5.92 Å². The van der Waals surface area contributed by atoms with Gasteiger partial charge in [-0.3, -0.25) is 14.5 Å². The van der Waals surface area contributed by atoms with Gasteiger partial charge in [-0.2, -0.15) is 0 Å². The van der Waals surface area contributed by atoms with Crippen LogP contribution in [0.4, 0.5) is 0 Å². The molecule has 27 heavy (non-hydrogen) atoms. The summed E-state index contributed by atoms with van der Waals surface area (Å²) < 4.78 is 11.4. The Labute approximate surface area is 162 Å². The van der Waals surface area contributed by atoms with Crippen LogP contribution in [0.15, 0.2) is 24.3 Å². The molecule has 1 heterocycles. The Balaban J connectivity index is 1.58. The number of hydrogen-bond donors (Lipinski definition) is 1. The third-order valence-corrected chi connectivity index (χ3v) is 4.45. The van der Waals surface area contributed by atoms with Gasteiger partial charge in [0.1, 0.15) is 5.75 Å². The molecule has 6 heteroatoms. The van der Waals surface area contributed by atoms with Gasteiger partial charge in [0.05, 0.1) is 19.3 Å². The van der Waals surface area contributed by atoms with Crippen LogP contribution in [-0.4, -0.2) is 62.1 Å². The van der Waals surface area contributed by atoms with Gasteiger partial charge in [-0.05, 0) is 43.5 Å². The van der Waals surface area contributed by atoms with Crippen LogP contribution >= 0.6 is 0 Å². The van der Waals surface area contributed by atoms with E-state index in [0.29, 0.717) is 43.2 Å². The summed E-state index contributed by atoms with van der Waals surface area (Å²) >= 11 is 0. The lowest BCUT2D eigenvalue weighted by Gasteiger charge is -2.33. The van der Waals surface area contributed by atoms with Crippen LogP contribution in [0.5, 0.6) is 5.75 Å². The van der Waals surface area contributed by atoms with E-state index in [0.717, 1.165) is 26.2 Å². The predicted molar refractivity (Wildman–Crippen MR) is 105 cm³/mol. The first-order chi connectivity index (χ1) is 12.9. The highest BCUT2D eigenvalue weighted by Gasteiger charge is 2.21. The summed E-state index contributed by atoms with van der Waals surface area (Å²) in [6.07, 6.45) is 1.14. The molecule has 1 aliphatic rings. The predicted octanol–water partition coefficient (Wildman–Crippen LogP) is 2.52. The molecule has 0 radical (unpaired) electrons. The molecule has 0 aromatic heterocycles. The quantitative estimate of drug-likeness (QED) is 0.502. The fraction of sp³-hybridized carbons (Fsp3) is 0.619. The second kappa shape index (κ2) is 11.0. The number of benzene rings is 1. The van der Waals surface area contributed by atoms with Crippen LogP contribution in [-0.2, 0) is 9.53 Å². The second-order valence-electron chi connectivity index (χ2n) is 7.48. The Bertz CT molecular complexity index is 601. The molecule has 2 rings (SSSR count). The summed E-state index contributed by atoms with van der Waals surface area (Å²) in [6, 6.07) is 7.05. The van der Waals surface area contributed by atoms with Gasteiger partial charge >= 0.3 is 0 Å². The third-order valence-electron chi connectivity index (χ3n) is 4.45. The molecule has 0 saturated carbocycles. The monoisotopic (exact) mass is 376 g/mol. The fourth-order valence-corrected chi connectivity index (χ4v) is 3.11. The van der Waals surface area contributed by atoms with E-state index in [9.17, 15) is 9.59 Å². The molecule has 0 bridgehead atoms. The third kappa shape index (κ3) is 8.10. The van der Waals surface area contributed by atoms with E-state index in [1.807, 2.05) is 0 Å². The number of carbonyl (C=O) groups excluding carboxylic acids is 2. The maximum absolute atomic E-state index is 12.0. The summed E-state index contributed by atoms with van der Waals surface area (Å²) in [5.41, 5.74) is 0.665. The Morgan fingerprint density at radius 3 is 2.70 bits per heavy atom. The van der Waals surface area contributed by atoms with Crippen molar-refractivity contribution in [1.82, 2.24) is 10.2 Å². The van der Waals surface area contributed by atoms with Crippen LogP contribution in [0.2, 0.25) is 0 Å². The lowest BCUT2D eigenvalue weighted by Crippen LogP contribution is -2.48. The zero-order valence-corrected chi connectivity index (χ0v) is 16.7. The Kier molecular flexibility index (Phi) is 8.75. The number of ether oxygens (including phenoxy) is 2. The van der Waals surface area contributed by atoms with Crippen molar-refractivity contribution >= 4 is 11.7 Å². The minimum atomic E-state index is 0.0233. The van der Waals surface area contributed by atoms with E-state index < -0.39 is 0 Å². The highest BCUT2D eigenvalue weighted by atomic mass is 16.5. The number of ketones is 1. The van der Waals surface area contributed by atoms with Gasteiger partial charge in [0, 0.05) is 38.2 Å². The topological polar surface area (TPSA) is 67.9 Å². The highest BCUT2D eigenvalue weighted by Crippen LogP contribution is 2.13. The van der Waals surface area contributed by atoms with Crippen molar-refractivity contribution in [1.29, 1.82) is 0 Å². The largest absolute Gasteiger partial charge is 0.494 e. The van der Waals surface area contributed by atoms with Crippen LogP contribution in [0.1, 0.15) is 44.0 Å². The van der Waals surface area contributed by atoms with Crippen molar-refractivity contribution in [3.05, 3.63) is 29.8 Å². The van der Waals surface area contributed by atoms with Gasteiger partial charge in [-0.15, -0.1) is 0 Å². The molecule has 1 aromatic rings. The summed E-state index contributed by atoms with van der Waals surface area (Å²) in [7, 11) is 0. The first kappa shape index (κ1) is 21.4. The number of nitrogens with zero attached hydrogens (tertiary/aromatic N) is 1. The smallest absolute Gasteiger partial charge is 0.220 e. The summed E-state index contributed by atoms with van der Waals surface area (Å²) in [5.74, 6) is 1.40. The molecule has 1 aromatic carbocycles. The van der Waals surface area contributed by atoms with Gasteiger partial charge in [0.2, 0.25) is 5.91 Å². The van der Waals surface area contributed by atoms with E-state index in [1.54, 1.807) is 24.3 Å². The lowest BCUT2D eigenvalue weighted by molar-refractivity contribution is -0.122. The van der Waals surface area contributed by atoms with Crippen LogP contribution in [0.3, 0.4) is 0 Å². The molecule has 0 spiro atoms. The standard InChI is InChI=1S/C21H32N2O4/c1-16(2)14-23-10-12-27-20(15-23)13-22-21(25)5-4-11-26-19-8-6-18(7-9-19)17(3)24/h6-9,16,20H,4-5,10-15H2,1-3H3,(H,22,25). The van der Waals surface area contributed by atoms with Gasteiger partial charge in [0.25, 0.3) is 0 Å². The molecule has 1 amide bonds. The molecular formula is C21H32N2O4. The average molecular weight is 376 g/mol. The zero-order chi connectivity index (χ0) is 19.6. The fourth-order valence-electron chi connectivity index (χ4n) is 3.11. The Morgan fingerprint density at radius 1 is 1.30 bits per heavy atom. The second-order valence-corrected chi connectivity index (χ2v) is 7.48. The van der Waals surface area contributed by atoms with E-state index >= 15 is 0 Å². The highest BCUT2D eigenvalue weighted by molar-refractivity contribution is 5.94. The number of hydrogen-bond acceptors (Lipinski definition) is 5.